The van der Waals surface area contributed by atoms with Crippen molar-refractivity contribution < 1.29 is 0 Å². The van der Waals surface area contributed by atoms with E-state index in [0.717, 1.165) is 41.6 Å². The van der Waals surface area contributed by atoms with Gasteiger partial charge in [0.25, 0.3) is 0 Å². The zero-order valence-electron chi connectivity index (χ0n) is 23.1. The van der Waals surface area contributed by atoms with Gasteiger partial charge in [-0.1, -0.05) is 72.8 Å². The fourth-order valence-corrected chi connectivity index (χ4v) is 6.95. The second-order valence-electron chi connectivity index (χ2n) is 10.8. The highest BCUT2D eigenvalue weighted by Gasteiger charge is 2.27. The van der Waals surface area contributed by atoms with E-state index in [4.69, 9.17) is 11.6 Å². The monoisotopic (exact) mass is 666 g/mol. The Hall–Kier alpha value is -2.01. The predicted molar refractivity (Wildman–Crippen MR) is 177 cm³/mol. The van der Waals surface area contributed by atoms with Gasteiger partial charge in [0.1, 0.15) is 0 Å². The number of aryl methyl sites for hydroxylation is 5. The quantitative estimate of drug-likeness (QED) is 0.0979. The fourth-order valence-electron chi connectivity index (χ4n) is 5.93. The van der Waals surface area contributed by atoms with Gasteiger partial charge >= 0.3 is 0 Å². The molecule has 0 bridgehead atoms. The summed E-state index contributed by atoms with van der Waals surface area (Å²) in [5.74, 6) is 0.103. The molecule has 2 heterocycles. The van der Waals surface area contributed by atoms with Gasteiger partial charge < -0.3 is 9.13 Å². The van der Waals surface area contributed by atoms with Crippen molar-refractivity contribution in [1.82, 2.24) is 9.13 Å². The molecule has 0 atom stereocenters. The zero-order chi connectivity index (χ0) is 27.5. The Balaban J connectivity index is 1.78. The number of unbranched alkanes of at least 4 members (excludes halogenated alkanes) is 2. The van der Waals surface area contributed by atoms with Crippen molar-refractivity contribution in [3.63, 3.8) is 0 Å². The first-order valence-electron chi connectivity index (χ1n) is 14.0. The highest BCUT2D eigenvalue weighted by Crippen LogP contribution is 2.43. The summed E-state index contributed by atoms with van der Waals surface area (Å²) in [6.45, 7) is 8.64. The molecule has 0 aliphatic rings. The molecule has 0 saturated carbocycles. The van der Waals surface area contributed by atoms with Crippen LogP contribution in [0.1, 0.15) is 65.0 Å². The summed E-state index contributed by atoms with van der Waals surface area (Å²) in [4.78, 5) is 0. The third kappa shape index (κ3) is 6.04. The van der Waals surface area contributed by atoms with E-state index in [1.807, 2.05) is 0 Å². The second kappa shape index (κ2) is 12.7. The molecule has 5 heteroatoms. The maximum atomic E-state index is 6.48. The number of aromatic nitrogens is 2. The van der Waals surface area contributed by atoms with Crippen molar-refractivity contribution in [3.8, 4) is 0 Å². The molecule has 39 heavy (non-hydrogen) atoms. The van der Waals surface area contributed by atoms with Gasteiger partial charge in [-0.05, 0) is 105 Å². The summed E-state index contributed by atoms with van der Waals surface area (Å²) >= 11 is 13.7. The highest BCUT2D eigenvalue weighted by molar-refractivity contribution is 9.09. The topological polar surface area (TPSA) is 9.86 Å². The van der Waals surface area contributed by atoms with Gasteiger partial charge in [0.15, 0.2) is 0 Å². The van der Waals surface area contributed by atoms with Crippen LogP contribution in [0.3, 0.4) is 0 Å². The van der Waals surface area contributed by atoms with Crippen molar-refractivity contribution >= 4 is 65.3 Å². The maximum Gasteiger partial charge on any atom is 0.0483 e. The minimum Gasteiger partial charge on any atom is -0.347 e. The summed E-state index contributed by atoms with van der Waals surface area (Å²) in [7, 11) is 0. The third-order valence-electron chi connectivity index (χ3n) is 7.86. The van der Waals surface area contributed by atoms with Gasteiger partial charge in [0, 0.05) is 68.9 Å². The number of benzene rings is 3. The molecule has 0 amide bonds. The SMILES string of the molecule is Cc1ccc2c(c1)c(C(c1ccc(Cl)cc1C)c1cn(CCCCBr)c3ccc(C)cc13)cn2CCCCBr. The lowest BCUT2D eigenvalue weighted by atomic mass is 9.82. The Morgan fingerprint density at radius 2 is 1.15 bits per heavy atom. The van der Waals surface area contributed by atoms with Crippen LogP contribution in [0.25, 0.3) is 21.8 Å². The van der Waals surface area contributed by atoms with E-state index in [0.29, 0.717) is 0 Å². The first-order valence-corrected chi connectivity index (χ1v) is 16.6. The number of rotatable bonds is 11. The Bertz CT molecular complexity index is 1500. The van der Waals surface area contributed by atoms with Crippen LogP contribution in [-0.2, 0) is 13.1 Å². The molecule has 5 rings (SSSR count). The van der Waals surface area contributed by atoms with Crippen LogP contribution in [0.2, 0.25) is 5.02 Å². The van der Waals surface area contributed by atoms with Gasteiger partial charge in [-0.15, -0.1) is 0 Å². The van der Waals surface area contributed by atoms with Crippen LogP contribution in [0, 0.1) is 20.8 Å². The lowest BCUT2D eigenvalue weighted by Gasteiger charge is -2.20. The number of hydrogen-bond donors (Lipinski definition) is 0. The van der Waals surface area contributed by atoms with Gasteiger partial charge in [-0.25, -0.2) is 0 Å². The normalized spacial score (nSPS) is 11.9. The lowest BCUT2D eigenvalue weighted by molar-refractivity contribution is 0.650. The van der Waals surface area contributed by atoms with Crippen LogP contribution < -0.4 is 0 Å². The van der Waals surface area contributed by atoms with Crippen molar-refractivity contribution in [2.24, 2.45) is 0 Å². The molecule has 3 aromatic carbocycles. The summed E-state index contributed by atoms with van der Waals surface area (Å²) in [5, 5.41) is 5.57. The molecule has 0 unspecified atom stereocenters. The van der Waals surface area contributed by atoms with Crippen LogP contribution in [0.5, 0.6) is 0 Å². The molecule has 0 aliphatic carbocycles. The Kier molecular flexibility index (Phi) is 9.26. The molecule has 0 N–H and O–H groups in total. The molecule has 0 saturated heterocycles. The van der Waals surface area contributed by atoms with Gasteiger partial charge in [-0.3, -0.25) is 0 Å². The molecular weight excluding hydrogens is 632 g/mol. The van der Waals surface area contributed by atoms with Crippen molar-refractivity contribution in [2.75, 3.05) is 10.7 Å². The molecular formula is C34H37Br2ClN2. The first-order chi connectivity index (χ1) is 18.9. The van der Waals surface area contributed by atoms with Crippen LogP contribution >= 0.6 is 43.5 Å². The Morgan fingerprint density at radius 1 is 0.641 bits per heavy atom. The molecule has 5 aromatic rings. The van der Waals surface area contributed by atoms with E-state index in [1.165, 1.54) is 68.0 Å². The maximum absolute atomic E-state index is 6.48. The summed E-state index contributed by atoms with van der Waals surface area (Å²) in [6.07, 6.45) is 9.50. The van der Waals surface area contributed by atoms with Crippen LogP contribution in [-0.4, -0.2) is 19.8 Å². The van der Waals surface area contributed by atoms with Gasteiger partial charge in [-0.2, -0.15) is 0 Å². The second-order valence-corrected chi connectivity index (χ2v) is 12.8. The van der Waals surface area contributed by atoms with Gasteiger partial charge in [0.05, 0.1) is 0 Å². The van der Waals surface area contributed by atoms with Crippen LogP contribution in [0.15, 0.2) is 67.0 Å². The van der Waals surface area contributed by atoms with Gasteiger partial charge in [0.2, 0.25) is 0 Å². The van der Waals surface area contributed by atoms with E-state index in [9.17, 15) is 0 Å². The van der Waals surface area contributed by atoms with Crippen molar-refractivity contribution in [1.29, 1.82) is 0 Å². The molecule has 2 nitrogen and oxygen atoms in total. The minimum atomic E-state index is 0.103. The van der Waals surface area contributed by atoms with E-state index >= 15 is 0 Å². The zero-order valence-corrected chi connectivity index (χ0v) is 27.0. The average molecular weight is 669 g/mol. The fraction of sp³-hybridized carbons (Fsp3) is 0.353. The van der Waals surface area contributed by atoms with Crippen LogP contribution in [0.4, 0.5) is 0 Å². The van der Waals surface area contributed by atoms with E-state index < -0.39 is 0 Å². The smallest absolute Gasteiger partial charge is 0.0483 e. The molecule has 0 fully saturated rings. The molecule has 0 aliphatic heterocycles. The molecule has 0 spiro atoms. The highest BCUT2D eigenvalue weighted by atomic mass is 79.9. The van der Waals surface area contributed by atoms with E-state index in [-0.39, 0.29) is 5.92 Å². The standard InChI is InChI=1S/C34H37Br2ClN2/c1-23-8-12-32-28(18-23)30(21-38(32)16-6-4-14-35)34(27-11-10-26(37)20-25(27)3)31-22-39(17-7-5-15-36)33-13-9-24(2)19-29(31)33/h8-13,18-22,34H,4-7,14-17H2,1-3H3. The number of hydrogen-bond acceptors (Lipinski definition) is 0. The number of nitrogens with zero attached hydrogens (tertiary/aromatic N) is 2. The Morgan fingerprint density at radius 3 is 1.62 bits per heavy atom. The van der Waals surface area contributed by atoms with E-state index in [1.54, 1.807) is 0 Å². The van der Waals surface area contributed by atoms with E-state index in [2.05, 4.69) is 129 Å². The lowest BCUT2D eigenvalue weighted by Crippen LogP contribution is -2.05. The number of halogens is 3. The Labute approximate surface area is 254 Å². The molecule has 204 valence electrons. The number of alkyl halides is 2. The summed E-state index contributed by atoms with van der Waals surface area (Å²) in [5.41, 5.74) is 10.5. The average Bonchev–Trinajstić information content (AvgIpc) is 3.44. The van der Waals surface area contributed by atoms with Crippen molar-refractivity contribution in [3.05, 3.63) is 105 Å². The summed E-state index contributed by atoms with van der Waals surface area (Å²) in [6, 6.07) is 20.3. The molecule has 0 radical (unpaired) electrons. The van der Waals surface area contributed by atoms with Crippen molar-refractivity contribution in [2.45, 2.75) is 65.5 Å². The predicted octanol–water partition coefficient (Wildman–Crippen LogP) is 10.7. The molecule has 2 aromatic heterocycles. The summed E-state index contributed by atoms with van der Waals surface area (Å²) < 4.78 is 4.96. The minimum absolute atomic E-state index is 0.103. The number of fused-ring (bicyclic) bond motifs is 2. The third-order valence-corrected chi connectivity index (χ3v) is 9.22. The first kappa shape index (κ1) is 28.5. The largest absolute Gasteiger partial charge is 0.347 e.